The predicted octanol–water partition coefficient (Wildman–Crippen LogP) is 1.80. The van der Waals surface area contributed by atoms with Crippen LogP contribution in [0.15, 0.2) is 30.2 Å². The third-order valence-corrected chi connectivity index (χ3v) is 6.31. The van der Waals surface area contributed by atoms with Gasteiger partial charge in [-0.05, 0) is 25.3 Å². The second kappa shape index (κ2) is 6.63. The molecule has 1 spiro atoms. The summed E-state index contributed by atoms with van der Waals surface area (Å²) in [6.07, 6.45) is 8.48. The third kappa shape index (κ3) is 2.66. The number of piperidine rings is 1. The molecule has 158 valence electrons. The van der Waals surface area contributed by atoms with Gasteiger partial charge in [-0.2, -0.15) is 0 Å². The Balaban J connectivity index is 1.47. The van der Waals surface area contributed by atoms with Crippen LogP contribution in [0.1, 0.15) is 44.1 Å². The molecule has 0 unspecified atom stereocenters. The van der Waals surface area contributed by atoms with Crippen LogP contribution in [0.2, 0.25) is 0 Å². The first kappa shape index (κ1) is 19.2. The zero-order valence-electron chi connectivity index (χ0n) is 17.3. The number of nitrogens with zero attached hydrogens (tertiary/aromatic N) is 3. The largest absolute Gasteiger partial charge is 0.467 e. The van der Waals surface area contributed by atoms with Crippen molar-refractivity contribution >= 4 is 23.7 Å². The van der Waals surface area contributed by atoms with Crippen molar-refractivity contribution in [2.45, 2.75) is 18.8 Å². The fourth-order valence-electron chi connectivity index (χ4n) is 4.86. The number of aromatic nitrogens is 3. The number of nitrogens with one attached hydrogen (secondary N) is 1. The molecular formula is C22H20N4O5. The van der Waals surface area contributed by atoms with Crippen molar-refractivity contribution in [3.05, 3.63) is 58.3 Å². The van der Waals surface area contributed by atoms with E-state index in [1.54, 1.807) is 30.3 Å². The summed E-state index contributed by atoms with van der Waals surface area (Å²) in [6.45, 7) is 2.24. The number of esters is 1. The molecule has 1 amide bonds. The van der Waals surface area contributed by atoms with Gasteiger partial charge in [0.1, 0.15) is 0 Å². The second-order valence-electron chi connectivity index (χ2n) is 7.92. The van der Waals surface area contributed by atoms with Crippen LogP contribution in [0.5, 0.6) is 6.01 Å². The van der Waals surface area contributed by atoms with Crippen molar-refractivity contribution in [2.24, 2.45) is 5.92 Å². The molecule has 9 heteroatoms. The number of allylic oxidation sites excluding steroid dienone is 2. The van der Waals surface area contributed by atoms with Crippen LogP contribution in [0, 0.1) is 12.8 Å². The Morgan fingerprint density at radius 3 is 2.71 bits per heavy atom. The lowest BCUT2D eigenvalue weighted by molar-refractivity contribution is -0.123. The number of hydrogen-bond acceptors (Lipinski definition) is 7. The van der Waals surface area contributed by atoms with Gasteiger partial charge in [-0.25, -0.2) is 14.8 Å². The number of aromatic amines is 1. The predicted molar refractivity (Wildman–Crippen MR) is 108 cm³/mol. The lowest BCUT2D eigenvalue weighted by Crippen LogP contribution is -2.33. The number of H-pyrrole nitrogens is 1. The average Bonchev–Trinajstić information content (AvgIpc) is 3.22. The molecule has 5 rings (SSSR count). The highest BCUT2D eigenvalue weighted by Crippen LogP contribution is 2.67. The van der Waals surface area contributed by atoms with Gasteiger partial charge in [-0.3, -0.25) is 9.59 Å². The maximum absolute atomic E-state index is 13.0. The Morgan fingerprint density at radius 2 is 2.03 bits per heavy atom. The van der Waals surface area contributed by atoms with E-state index in [0.717, 1.165) is 6.42 Å². The van der Waals surface area contributed by atoms with Gasteiger partial charge in [-0.1, -0.05) is 0 Å². The fourth-order valence-corrected chi connectivity index (χ4v) is 4.86. The van der Waals surface area contributed by atoms with E-state index in [9.17, 15) is 14.4 Å². The van der Waals surface area contributed by atoms with Crippen molar-refractivity contribution in [3.8, 4) is 6.01 Å². The molecule has 31 heavy (non-hydrogen) atoms. The third-order valence-electron chi connectivity index (χ3n) is 6.31. The van der Waals surface area contributed by atoms with Crippen molar-refractivity contribution in [2.75, 3.05) is 20.8 Å². The first-order valence-electron chi connectivity index (χ1n) is 9.84. The standard InChI is InChI=1S/C22H20N4O5/c1-11-17(20(29)30-2)18-19(25-11)14(27)6-15-22(18)7-13(22)10-26(15)16(28)5-4-12-8-23-21(31-3)24-9-12/h4-6,8-9,13,25H,7,10H2,1-3H3/b5-4+/t13-,22+/m1/s1. The minimum Gasteiger partial charge on any atom is -0.467 e. The van der Waals surface area contributed by atoms with Crippen LogP contribution >= 0.6 is 0 Å². The number of fused-ring (bicyclic) bond motifs is 1. The summed E-state index contributed by atoms with van der Waals surface area (Å²) < 4.78 is 9.89. The molecule has 2 aliphatic carbocycles. The molecule has 1 N–H and O–H groups in total. The average molecular weight is 420 g/mol. The Morgan fingerprint density at radius 1 is 1.29 bits per heavy atom. The number of carbonyl (C=O) groups excluding carboxylic acids is 3. The number of methoxy groups -OCH3 is 2. The summed E-state index contributed by atoms with van der Waals surface area (Å²) in [4.78, 5) is 51.0. The molecular weight excluding hydrogens is 400 g/mol. The van der Waals surface area contributed by atoms with E-state index in [4.69, 9.17) is 9.47 Å². The van der Waals surface area contributed by atoms with Crippen LogP contribution in [0.4, 0.5) is 0 Å². The molecule has 1 saturated carbocycles. The number of rotatable bonds is 4. The number of hydrogen-bond donors (Lipinski definition) is 1. The van der Waals surface area contributed by atoms with Crippen LogP contribution in [0.25, 0.3) is 6.08 Å². The van der Waals surface area contributed by atoms with Gasteiger partial charge in [0.15, 0.2) is 0 Å². The van der Waals surface area contributed by atoms with Crippen molar-refractivity contribution in [3.63, 3.8) is 0 Å². The molecule has 0 bridgehead atoms. The Hall–Kier alpha value is -3.75. The Kier molecular flexibility index (Phi) is 4.11. The van der Waals surface area contributed by atoms with Gasteiger partial charge in [0.05, 0.1) is 25.5 Å². The minimum absolute atomic E-state index is 0.158. The lowest BCUT2D eigenvalue weighted by atomic mass is 9.82. The zero-order valence-corrected chi connectivity index (χ0v) is 17.3. The zero-order chi connectivity index (χ0) is 21.9. The molecule has 2 aromatic rings. The van der Waals surface area contributed by atoms with Crippen molar-refractivity contribution in [1.29, 1.82) is 0 Å². The minimum atomic E-state index is -0.496. The van der Waals surface area contributed by atoms with Gasteiger partial charge in [0, 0.05) is 59.0 Å². The molecule has 3 aliphatic rings. The molecule has 1 saturated heterocycles. The van der Waals surface area contributed by atoms with Crippen molar-refractivity contribution in [1.82, 2.24) is 19.9 Å². The monoisotopic (exact) mass is 420 g/mol. The van der Waals surface area contributed by atoms with E-state index < -0.39 is 11.4 Å². The topological polar surface area (TPSA) is 114 Å². The first-order valence-corrected chi connectivity index (χ1v) is 9.84. The smallest absolute Gasteiger partial charge is 0.340 e. The Labute approximate surface area is 177 Å². The molecule has 2 fully saturated rings. The first-order chi connectivity index (χ1) is 14.9. The van der Waals surface area contributed by atoms with Crippen molar-refractivity contribution < 1.29 is 23.9 Å². The SMILES string of the molecule is COC(=O)c1c(C)[nH]c2c1[C@@]13C[C@@H]1CN(C(=O)/C=C/c1cnc(OC)nc1)C3=CC2=O. The van der Waals surface area contributed by atoms with Gasteiger partial charge in [0.2, 0.25) is 5.78 Å². The van der Waals surface area contributed by atoms with Crippen LogP contribution < -0.4 is 4.74 Å². The summed E-state index contributed by atoms with van der Waals surface area (Å²) in [5.41, 5.74) is 2.91. The van der Waals surface area contributed by atoms with Crippen LogP contribution in [-0.2, 0) is 14.9 Å². The highest BCUT2D eigenvalue weighted by atomic mass is 16.5. The Bertz CT molecular complexity index is 1190. The summed E-state index contributed by atoms with van der Waals surface area (Å²) >= 11 is 0. The quantitative estimate of drug-likeness (QED) is 0.592. The van der Waals surface area contributed by atoms with Gasteiger partial charge in [-0.15, -0.1) is 0 Å². The van der Waals surface area contributed by atoms with E-state index in [2.05, 4.69) is 15.0 Å². The normalized spacial score (nSPS) is 23.2. The second-order valence-corrected chi connectivity index (χ2v) is 7.92. The number of carbonyl (C=O) groups is 3. The fraction of sp³-hybridized carbons (Fsp3) is 0.318. The summed E-state index contributed by atoms with van der Waals surface area (Å²) in [6, 6.07) is 0.245. The summed E-state index contributed by atoms with van der Waals surface area (Å²) in [5.74, 6) is -0.803. The highest BCUT2D eigenvalue weighted by Gasteiger charge is 2.68. The van der Waals surface area contributed by atoms with Gasteiger partial charge < -0.3 is 19.4 Å². The number of ether oxygens (including phenoxy) is 2. The van der Waals surface area contributed by atoms with Gasteiger partial charge in [0.25, 0.3) is 5.91 Å². The molecule has 3 heterocycles. The number of aryl methyl sites for hydroxylation is 1. The summed E-state index contributed by atoms with van der Waals surface area (Å²) in [5, 5.41) is 0. The van der Waals surface area contributed by atoms with E-state index in [-0.39, 0.29) is 23.6 Å². The van der Waals surface area contributed by atoms with Crippen LogP contribution in [0.3, 0.4) is 0 Å². The van der Waals surface area contributed by atoms with Crippen LogP contribution in [-0.4, -0.2) is 58.3 Å². The maximum Gasteiger partial charge on any atom is 0.340 e. The number of amides is 1. The van der Waals surface area contributed by atoms with Gasteiger partial charge >= 0.3 is 12.0 Å². The maximum atomic E-state index is 13.0. The van der Waals surface area contributed by atoms with E-state index in [1.807, 2.05) is 0 Å². The molecule has 0 radical (unpaired) electrons. The number of likely N-dealkylation sites (tertiary alicyclic amines) is 1. The van der Waals surface area contributed by atoms with E-state index >= 15 is 0 Å². The molecule has 0 aromatic carbocycles. The molecule has 2 aromatic heterocycles. The van der Waals surface area contributed by atoms with E-state index in [0.29, 0.717) is 40.3 Å². The molecule has 1 aliphatic heterocycles. The summed E-state index contributed by atoms with van der Waals surface area (Å²) in [7, 11) is 2.80. The van der Waals surface area contributed by atoms with E-state index in [1.165, 1.54) is 26.4 Å². The molecule has 9 nitrogen and oxygen atoms in total. The molecule has 2 atom stereocenters. The lowest BCUT2D eigenvalue weighted by Gasteiger charge is -2.27. The highest BCUT2D eigenvalue weighted by molar-refractivity contribution is 6.11. The number of ketones is 1.